The van der Waals surface area contributed by atoms with Crippen LogP contribution in [0.2, 0.25) is 0 Å². The first-order chi connectivity index (χ1) is 9.20. The molecule has 0 spiro atoms. The van der Waals surface area contributed by atoms with Crippen LogP contribution in [0.1, 0.15) is 49.3 Å². The number of benzene rings is 1. The maximum Gasteiger partial charge on any atom is 0.0576 e. The summed E-state index contributed by atoms with van der Waals surface area (Å²) in [5, 5.41) is 0. The van der Waals surface area contributed by atoms with Crippen LogP contribution in [-0.4, -0.2) is 12.7 Å². The van der Waals surface area contributed by atoms with Crippen molar-refractivity contribution in [2.45, 2.75) is 51.2 Å². The number of hydrogen-bond acceptors (Lipinski definition) is 3. The normalized spacial score (nSPS) is 20.7. The van der Waals surface area contributed by atoms with Crippen molar-refractivity contribution in [2.24, 2.45) is 5.84 Å². The molecule has 3 nitrogen and oxygen atoms in total. The van der Waals surface area contributed by atoms with E-state index in [-0.39, 0.29) is 6.04 Å². The summed E-state index contributed by atoms with van der Waals surface area (Å²) in [4.78, 5) is 0. The second kappa shape index (κ2) is 7.39. The molecular weight excluding hydrogens is 304 g/mol. The lowest BCUT2D eigenvalue weighted by Crippen LogP contribution is -2.28. The Bertz CT molecular complexity index is 405. The predicted molar refractivity (Wildman–Crippen MR) is 81.8 cm³/mol. The lowest BCUT2D eigenvalue weighted by atomic mass is 9.98. The Hall–Kier alpha value is -0.420. The van der Waals surface area contributed by atoms with Gasteiger partial charge in [0.15, 0.2) is 0 Å². The van der Waals surface area contributed by atoms with E-state index in [9.17, 15) is 0 Å². The van der Waals surface area contributed by atoms with E-state index in [1.807, 2.05) is 0 Å². The monoisotopic (exact) mass is 326 g/mol. The van der Waals surface area contributed by atoms with Crippen molar-refractivity contribution in [3.05, 3.63) is 33.8 Å². The Kier molecular flexibility index (Phi) is 5.82. The average molecular weight is 327 g/mol. The zero-order valence-corrected chi connectivity index (χ0v) is 13.1. The summed E-state index contributed by atoms with van der Waals surface area (Å²) in [5.41, 5.74) is 5.45. The van der Waals surface area contributed by atoms with Crippen molar-refractivity contribution in [1.29, 1.82) is 0 Å². The summed E-state index contributed by atoms with van der Waals surface area (Å²) in [6, 6.07) is 6.60. The number of aryl methyl sites for hydroxylation is 1. The van der Waals surface area contributed by atoms with Crippen molar-refractivity contribution in [2.75, 3.05) is 6.61 Å². The number of nitrogens with one attached hydrogen (secondary N) is 1. The molecule has 2 atom stereocenters. The van der Waals surface area contributed by atoms with Gasteiger partial charge in [0.1, 0.15) is 0 Å². The first kappa shape index (κ1) is 15.0. The third-order valence-corrected chi connectivity index (χ3v) is 4.49. The van der Waals surface area contributed by atoms with Crippen molar-refractivity contribution in [1.82, 2.24) is 5.43 Å². The molecule has 1 fully saturated rings. The van der Waals surface area contributed by atoms with Crippen molar-refractivity contribution in [3.8, 4) is 0 Å². The number of halogens is 1. The van der Waals surface area contributed by atoms with Gasteiger partial charge in [0.05, 0.1) is 6.10 Å². The van der Waals surface area contributed by atoms with Gasteiger partial charge < -0.3 is 4.74 Å². The van der Waals surface area contributed by atoms with Gasteiger partial charge in [-0.3, -0.25) is 11.3 Å². The molecule has 3 N–H and O–H groups in total. The van der Waals surface area contributed by atoms with Crippen LogP contribution in [0, 0.1) is 6.92 Å². The first-order valence-electron chi connectivity index (χ1n) is 7.04. The van der Waals surface area contributed by atoms with Crippen molar-refractivity contribution < 1.29 is 4.74 Å². The standard InChI is InChI=1S/C15H23BrN2O/c1-11-7-8-14(16)13(10-11)15(18-17)6-2-4-12-5-3-9-19-12/h7-8,10,12,15,18H,2-6,9,17H2,1H3. The highest BCUT2D eigenvalue weighted by molar-refractivity contribution is 9.10. The molecule has 1 aromatic rings. The van der Waals surface area contributed by atoms with Gasteiger partial charge in [-0.25, -0.2) is 0 Å². The Morgan fingerprint density at radius 1 is 1.53 bits per heavy atom. The second-order valence-electron chi connectivity index (χ2n) is 5.31. The van der Waals surface area contributed by atoms with Crippen LogP contribution >= 0.6 is 15.9 Å². The van der Waals surface area contributed by atoms with Crippen LogP contribution in [0.25, 0.3) is 0 Å². The predicted octanol–water partition coefficient (Wildman–Crippen LogP) is 3.61. The highest BCUT2D eigenvalue weighted by Gasteiger charge is 2.17. The molecule has 0 bridgehead atoms. The molecule has 1 aromatic carbocycles. The van der Waals surface area contributed by atoms with Crippen LogP contribution in [0.15, 0.2) is 22.7 Å². The Labute approximate surface area is 124 Å². The number of hydrogen-bond donors (Lipinski definition) is 2. The number of hydrazine groups is 1. The molecule has 1 aliphatic rings. The van der Waals surface area contributed by atoms with E-state index < -0.39 is 0 Å². The third kappa shape index (κ3) is 4.28. The minimum atomic E-state index is 0.204. The van der Waals surface area contributed by atoms with E-state index in [1.165, 1.54) is 24.0 Å². The fraction of sp³-hybridized carbons (Fsp3) is 0.600. The van der Waals surface area contributed by atoms with E-state index >= 15 is 0 Å². The van der Waals surface area contributed by atoms with E-state index in [1.54, 1.807) is 0 Å². The maximum absolute atomic E-state index is 5.72. The Morgan fingerprint density at radius 3 is 3.05 bits per heavy atom. The first-order valence-corrected chi connectivity index (χ1v) is 7.84. The third-order valence-electron chi connectivity index (χ3n) is 3.77. The van der Waals surface area contributed by atoms with Crippen LogP contribution in [0.5, 0.6) is 0 Å². The van der Waals surface area contributed by atoms with Gasteiger partial charge in [0.25, 0.3) is 0 Å². The summed E-state index contributed by atoms with van der Waals surface area (Å²) in [5.74, 6) is 5.72. The number of ether oxygens (including phenoxy) is 1. The largest absolute Gasteiger partial charge is 0.378 e. The molecule has 0 amide bonds. The van der Waals surface area contributed by atoms with Gasteiger partial charge in [-0.1, -0.05) is 33.6 Å². The molecule has 1 heterocycles. The van der Waals surface area contributed by atoms with Gasteiger partial charge in [-0.2, -0.15) is 0 Å². The van der Waals surface area contributed by atoms with Crippen LogP contribution in [-0.2, 0) is 4.74 Å². The SMILES string of the molecule is Cc1ccc(Br)c(C(CCCC2CCCO2)NN)c1. The van der Waals surface area contributed by atoms with E-state index in [0.29, 0.717) is 6.10 Å². The maximum atomic E-state index is 5.72. The van der Waals surface area contributed by atoms with E-state index in [0.717, 1.165) is 30.3 Å². The van der Waals surface area contributed by atoms with E-state index in [4.69, 9.17) is 10.6 Å². The Morgan fingerprint density at radius 2 is 2.37 bits per heavy atom. The fourth-order valence-electron chi connectivity index (χ4n) is 2.68. The molecule has 106 valence electrons. The van der Waals surface area contributed by atoms with Crippen LogP contribution < -0.4 is 11.3 Å². The topological polar surface area (TPSA) is 47.3 Å². The molecule has 1 saturated heterocycles. The molecule has 19 heavy (non-hydrogen) atoms. The smallest absolute Gasteiger partial charge is 0.0576 e. The summed E-state index contributed by atoms with van der Waals surface area (Å²) < 4.78 is 6.78. The molecule has 1 aliphatic heterocycles. The van der Waals surface area contributed by atoms with Gasteiger partial charge >= 0.3 is 0 Å². The van der Waals surface area contributed by atoms with Gasteiger partial charge in [0.2, 0.25) is 0 Å². The van der Waals surface area contributed by atoms with Crippen molar-refractivity contribution >= 4 is 15.9 Å². The van der Waals surface area contributed by atoms with Gasteiger partial charge in [0, 0.05) is 17.1 Å². The summed E-state index contributed by atoms with van der Waals surface area (Å²) >= 11 is 3.61. The lowest BCUT2D eigenvalue weighted by Gasteiger charge is -2.19. The molecule has 2 rings (SSSR count). The second-order valence-corrected chi connectivity index (χ2v) is 6.16. The van der Waals surface area contributed by atoms with Gasteiger partial charge in [-0.05, 0) is 50.7 Å². The van der Waals surface area contributed by atoms with Gasteiger partial charge in [-0.15, -0.1) is 0 Å². The summed E-state index contributed by atoms with van der Waals surface area (Å²) in [7, 11) is 0. The summed E-state index contributed by atoms with van der Waals surface area (Å²) in [6.07, 6.45) is 6.22. The van der Waals surface area contributed by atoms with Crippen molar-refractivity contribution in [3.63, 3.8) is 0 Å². The average Bonchev–Trinajstić information content (AvgIpc) is 2.91. The van der Waals surface area contributed by atoms with Crippen LogP contribution in [0.4, 0.5) is 0 Å². The molecule has 0 saturated carbocycles. The number of rotatable bonds is 6. The zero-order chi connectivity index (χ0) is 13.7. The molecule has 4 heteroatoms. The minimum absolute atomic E-state index is 0.204. The quantitative estimate of drug-likeness (QED) is 0.620. The number of nitrogens with two attached hydrogens (primary N) is 1. The highest BCUT2D eigenvalue weighted by Crippen LogP contribution is 2.28. The highest BCUT2D eigenvalue weighted by atomic mass is 79.9. The Balaban J connectivity index is 1.89. The molecule has 0 aliphatic carbocycles. The zero-order valence-electron chi connectivity index (χ0n) is 11.5. The molecule has 0 radical (unpaired) electrons. The van der Waals surface area contributed by atoms with Crippen LogP contribution in [0.3, 0.4) is 0 Å². The van der Waals surface area contributed by atoms with E-state index in [2.05, 4.69) is 46.5 Å². The summed E-state index contributed by atoms with van der Waals surface area (Å²) in [6.45, 7) is 3.04. The molecule has 2 unspecified atom stereocenters. The fourth-order valence-corrected chi connectivity index (χ4v) is 3.20. The minimum Gasteiger partial charge on any atom is -0.378 e. The molecule has 0 aromatic heterocycles. The molecular formula is C15H23BrN2O. The lowest BCUT2D eigenvalue weighted by molar-refractivity contribution is 0.101.